The summed E-state index contributed by atoms with van der Waals surface area (Å²) < 4.78 is 0. The summed E-state index contributed by atoms with van der Waals surface area (Å²) in [5.41, 5.74) is 8.30. The molecule has 0 atom stereocenters. The van der Waals surface area contributed by atoms with Crippen molar-refractivity contribution < 1.29 is 9.90 Å². The summed E-state index contributed by atoms with van der Waals surface area (Å²) in [4.78, 5) is 10.8. The molecule has 0 spiro atoms. The largest absolute Gasteiger partial charge is 0.478 e. The van der Waals surface area contributed by atoms with Crippen LogP contribution in [0, 0.1) is 0 Å². The molecule has 4 heteroatoms. The molecular weight excluding hydrogens is 228 g/mol. The number of benzene rings is 2. The Morgan fingerprint density at radius 2 is 1.89 bits per heavy atom. The lowest BCUT2D eigenvalue weighted by molar-refractivity contribution is 0.0697. The van der Waals surface area contributed by atoms with Crippen LogP contribution in [0.1, 0.15) is 15.9 Å². The highest BCUT2D eigenvalue weighted by atomic mass is 16.4. The van der Waals surface area contributed by atoms with Gasteiger partial charge in [0.25, 0.3) is 0 Å². The van der Waals surface area contributed by atoms with Crippen LogP contribution >= 0.6 is 0 Å². The van der Waals surface area contributed by atoms with Crippen LogP contribution < -0.4 is 11.1 Å². The Bertz CT molecular complexity index is 553. The van der Waals surface area contributed by atoms with E-state index in [4.69, 9.17) is 10.8 Å². The number of nitrogens with one attached hydrogen (secondary N) is 1. The summed E-state index contributed by atoms with van der Waals surface area (Å²) in [6.07, 6.45) is 0. The molecule has 2 aromatic carbocycles. The minimum Gasteiger partial charge on any atom is -0.478 e. The highest BCUT2D eigenvalue weighted by Crippen LogP contribution is 2.20. The Kier molecular flexibility index (Phi) is 3.48. The third kappa shape index (κ3) is 2.79. The lowest BCUT2D eigenvalue weighted by Gasteiger charge is -2.10. The number of carboxylic acid groups (broad SMARTS) is 1. The number of aromatic carboxylic acids is 1. The van der Waals surface area contributed by atoms with Crippen molar-refractivity contribution in [1.82, 2.24) is 0 Å². The molecule has 0 radical (unpaired) electrons. The standard InChI is InChI=1S/C14H14N2O2/c15-12-8-11(14(17)18)6-7-13(12)16-9-10-4-2-1-3-5-10/h1-8,16H,9,15H2,(H,17,18). The van der Waals surface area contributed by atoms with Gasteiger partial charge < -0.3 is 16.2 Å². The predicted octanol–water partition coefficient (Wildman–Crippen LogP) is 2.58. The van der Waals surface area contributed by atoms with E-state index in [9.17, 15) is 4.79 Å². The quantitative estimate of drug-likeness (QED) is 0.720. The molecule has 0 aromatic heterocycles. The van der Waals surface area contributed by atoms with Crippen molar-refractivity contribution in [2.45, 2.75) is 6.54 Å². The van der Waals surface area contributed by atoms with Crippen LogP contribution in [-0.4, -0.2) is 11.1 Å². The number of hydrogen-bond acceptors (Lipinski definition) is 3. The molecule has 0 bridgehead atoms. The van der Waals surface area contributed by atoms with Gasteiger partial charge in [-0.2, -0.15) is 0 Å². The first kappa shape index (κ1) is 12.0. The average Bonchev–Trinajstić information content (AvgIpc) is 2.38. The molecule has 2 aromatic rings. The second kappa shape index (κ2) is 5.23. The van der Waals surface area contributed by atoms with Gasteiger partial charge >= 0.3 is 5.97 Å². The van der Waals surface area contributed by atoms with Crippen LogP contribution in [0.15, 0.2) is 48.5 Å². The minimum atomic E-state index is -0.976. The van der Waals surface area contributed by atoms with Crippen molar-refractivity contribution in [1.29, 1.82) is 0 Å². The molecule has 92 valence electrons. The second-order valence-corrected chi connectivity index (χ2v) is 3.95. The van der Waals surface area contributed by atoms with Crippen molar-refractivity contribution in [2.24, 2.45) is 0 Å². The van der Waals surface area contributed by atoms with Gasteiger partial charge in [-0.05, 0) is 23.8 Å². The zero-order valence-corrected chi connectivity index (χ0v) is 9.76. The van der Waals surface area contributed by atoms with Gasteiger partial charge in [0.15, 0.2) is 0 Å². The van der Waals surface area contributed by atoms with Crippen molar-refractivity contribution in [3.63, 3.8) is 0 Å². The molecule has 0 heterocycles. The maximum Gasteiger partial charge on any atom is 0.335 e. The lowest BCUT2D eigenvalue weighted by atomic mass is 10.1. The summed E-state index contributed by atoms with van der Waals surface area (Å²) in [5, 5.41) is 12.0. The minimum absolute atomic E-state index is 0.192. The zero-order chi connectivity index (χ0) is 13.0. The highest BCUT2D eigenvalue weighted by Gasteiger charge is 2.05. The van der Waals surface area contributed by atoms with Gasteiger partial charge in [-0.15, -0.1) is 0 Å². The fourth-order valence-electron chi connectivity index (χ4n) is 1.65. The Morgan fingerprint density at radius 3 is 2.50 bits per heavy atom. The van der Waals surface area contributed by atoms with E-state index in [1.807, 2.05) is 30.3 Å². The van der Waals surface area contributed by atoms with Crippen molar-refractivity contribution in [3.8, 4) is 0 Å². The number of nitrogen functional groups attached to an aromatic ring is 1. The number of carbonyl (C=O) groups is 1. The van der Waals surface area contributed by atoms with E-state index >= 15 is 0 Å². The van der Waals surface area contributed by atoms with Gasteiger partial charge in [-0.3, -0.25) is 0 Å². The van der Waals surface area contributed by atoms with Gasteiger partial charge in [-0.25, -0.2) is 4.79 Å². The smallest absolute Gasteiger partial charge is 0.335 e. The number of hydrogen-bond donors (Lipinski definition) is 3. The topological polar surface area (TPSA) is 75.4 Å². The second-order valence-electron chi connectivity index (χ2n) is 3.95. The van der Waals surface area contributed by atoms with E-state index in [0.29, 0.717) is 12.2 Å². The lowest BCUT2D eigenvalue weighted by Crippen LogP contribution is -2.04. The third-order valence-electron chi connectivity index (χ3n) is 2.62. The van der Waals surface area contributed by atoms with E-state index in [2.05, 4.69) is 5.32 Å². The fraction of sp³-hybridized carbons (Fsp3) is 0.0714. The van der Waals surface area contributed by atoms with Crippen LogP contribution in [0.25, 0.3) is 0 Å². The summed E-state index contributed by atoms with van der Waals surface area (Å²) in [7, 11) is 0. The molecule has 0 amide bonds. The molecule has 0 aliphatic carbocycles. The first-order valence-electron chi connectivity index (χ1n) is 5.57. The van der Waals surface area contributed by atoms with Crippen LogP contribution in [0.4, 0.5) is 11.4 Å². The molecule has 0 aliphatic heterocycles. The molecule has 0 saturated carbocycles. The third-order valence-corrected chi connectivity index (χ3v) is 2.62. The molecule has 18 heavy (non-hydrogen) atoms. The Balaban J connectivity index is 2.08. The molecular formula is C14H14N2O2. The molecule has 0 saturated heterocycles. The van der Waals surface area contributed by atoms with Crippen molar-refractivity contribution >= 4 is 17.3 Å². The van der Waals surface area contributed by atoms with Gasteiger partial charge in [0.1, 0.15) is 0 Å². The van der Waals surface area contributed by atoms with E-state index in [-0.39, 0.29) is 5.56 Å². The van der Waals surface area contributed by atoms with Crippen LogP contribution in [0.5, 0.6) is 0 Å². The fourth-order valence-corrected chi connectivity index (χ4v) is 1.65. The summed E-state index contributed by atoms with van der Waals surface area (Å²) in [5.74, 6) is -0.976. The zero-order valence-electron chi connectivity index (χ0n) is 9.76. The van der Waals surface area contributed by atoms with Crippen LogP contribution in [0.3, 0.4) is 0 Å². The Morgan fingerprint density at radius 1 is 1.17 bits per heavy atom. The normalized spacial score (nSPS) is 10.0. The average molecular weight is 242 g/mol. The van der Waals surface area contributed by atoms with E-state index in [0.717, 1.165) is 11.3 Å². The number of rotatable bonds is 4. The van der Waals surface area contributed by atoms with Gasteiger partial charge in [0.2, 0.25) is 0 Å². The molecule has 4 nitrogen and oxygen atoms in total. The first-order chi connectivity index (χ1) is 8.66. The Hall–Kier alpha value is -2.49. The SMILES string of the molecule is Nc1cc(C(=O)O)ccc1NCc1ccccc1. The predicted molar refractivity (Wildman–Crippen MR) is 71.6 cm³/mol. The molecule has 2 rings (SSSR count). The highest BCUT2D eigenvalue weighted by molar-refractivity contribution is 5.90. The van der Waals surface area contributed by atoms with Gasteiger partial charge in [0, 0.05) is 6.54 Å². The first-order valence-corrected chi connectivity index (χ1v) is 5.57. The molecule has 0 unspecified atom stereocenters. The monoisotopic (exact) mass is 242 g/mol. The van der Waals surface area contributed by atoms with Gasteiger partial charge in [-0.1, -0.05) is 30.3 Å². The van der Waals surface area contributed by atoms with E-state index in [1.54, 1.807) is 6.07 Å². The van der Waals surface area contributed by atoms with E-state index < -0.39 is 5.97 Å². The van der Waals surface area contributed by atoms with Crippen LogP contribution in [-0.2, 0) is 6.54 Å². The van der Waals surface area contributed by atoms with Crippen molar-refractivity contribution in [2.75, 3.05) is 11.1 Å². The Labute approximate surface area is 105 Å². The van der Waals surface area contributed by atoms with Crippen LogP contribution in [0.2, 0.25) is 0 Å². The van der Waals surface area contributed by atoms with Crippen molar-refractivity contribution in [3.05, 3.63) is 59.7 Å². The molecule has 4 N–H and O–H groups in total. The van der Waals surface area contributed by atoms with E-state index in [1.165, 1.54) is 12.1 Å². The summed E-state index contributed by atoms with van der Waals surface area (Å²) in [6.45, 7) is 0.650. The summed E-state index contributed by atoms with van der Waals surface area (Å²) in [6, 6.07) is 14.6. The van der Waals surface area contributed by atoms with Gasteiger partial charge in [0.05, 0.1) is 16.9 Å². The molecule has 0 fully saturated rings. The molecule has 0 aliphatic rings. The number of anilines is 2. The summed E-state index contributed by atoms with van der Waals surface area (Å²) >= 11 is 0. The number of nitrogens with two attached hydrogens (primary N) is 1. The number of carboxylic acids is 1. The maximum absolute atomic E-state index is 10.8. The maximum atomic E-state index is 10.8.